The predicted molar refractivity (Wildman–Crippen MR) is 68.2 cm³/mol. The lowest BCUT2D eigenvalue weighted by Crippen LogP contribution is -2.31. The number of alkyl halides is 3. The van der Waals surface area contributed by atoms with Crippen LogP contribution in [0.3, 0.4) is 0 Å². The van der Waals surface area contributed by atoms with E-state index in [9.17, 15) is 22.8 Å². The number of anilines is 1. The van der Waals surface area contributed by atoms with Crippen molar-refractivity contribution in [3.05, 3.63) is 23.8 Å². The third kappa shape index (κ3) is 3.23. The minimum atomic E-state index is -4.62. The molecule has 0 aromatic heterocycles. The van der Waals surface area contributed by atoms with Crippen LogP contribution in [0.15, 0.2) is 18.2 Å². The SMILES string of the molecule is CC(Oc1ccc(N2CCOC2=O)cc1C(=O)O)C(F)(F)F. The summed E-state index contributed by atoms with van der Waals surface area (Å²) < 4.78 is 46.9. The molecule has 1 saturated heterocycles. The van der Waals surface area contributed by atoms with E-state index in [1.807, 2.05) is 0 Å². The van der Waals surface area contributed by atoms with E-state index in [2.05, 4.69) is 4.74 Å². The Bertz CT molecular complexity index is 602. The van der Waals surface area contributed by atoms with Gasteiger partial charge >= 0.3 is 18.2 Å². The number of ether oxygens (including phenoxy) is 2. The van der Waals surface area contributed by atoms with E-state index in [0.717, 1.165) is 19.1 Å². The van der Waals surface area contributed by atoms with Crippen LogP contribution in [0.1, 0.15) is 17.3 Å². The third-order valence-corrected chi connectivity index (χ3v) is 3.03. The van der Waals surface area contributed by atoms with Gasteiger partial charge in [0.15, 0.2) is 6.10 Å². The highest BCUT2D eigenvalue weighted by Gasteiger charge is 2.38. The first-order valence-corrected chi connectivity index (χ1v) is 6.25. The van der Waals surface area contributed by atoms with Crippen LogP contribution in [0.2, 0.25) is 0 Å². The molecule has 1 aromatic rings. The summed E-state index contributed by atoms with van der Waals surface area (Å²) in [6.45, 7) is 1.17. The normalized spacial score (nSPS) is 16.4. The van der Waals surface area contributed by atoms with Gasteiger partial charge in [-0.05, 0) is 25.1 Å². The van der Waals surface area contributed by atoms with Crippen molar-refractivity contribution in [2.45, 2.75) is 19.2 Å². The Morgan fingerprint density at radius 1 is 1.45 bits per heavy atom. The first-order valence-electron chi connectivity index (χ1n) is 6.25. The molecule has 1 N–H and O–H groups in total. The predicted octanol–water partition coefficient (Wildman–Crippen LogP) is 2.67. The zero-order valence-corrected chi connectivity index (χ0v) is 11.4. The number of nitrogens with zero attached hydrogens (tertiary/aromatic N) is 1. The Balaban J connectivity index is 2.32. The number of carbonyl (C=O) groups is 2. The Labute approximate surface area is 123 Å². The standard InChI is InChI=1S/C13H12F3NO5/c1-7(13(14,15)16)22-10-3-2-8(6-9(10)11(18)19)17-4-5-21-12(17)20/h2-3,6-7H,4-5H2,1H3,(H,18,19). The van der Waals surface area contributed by atoms with Crippen molar-refractivity contribution in [2.24, 2.45) is 0 Å². The molecule has 0 saturated carbocycles. The number of hydrogen-bond donors (Lipinski definition) is 1. The molecule has 0 aliphatic carbocycles. The lowest BCUT2D eigenvalue weighted by molar-refractivity contribution is -0.189. The summed E-state index contributed by atoms with van der Waals surface area (Å²) in [4.78, 5) is 23.8. The average molecular weight is 319 g/mol. The molecule has 0 spiro atoms. The number of aromatic carboxylic acids is 1. The van der Waals surface area contributed by atoms with E-state index in [4.69, 9.17) is 9.84 Å². The summed E-state index contributed by atoms with van der Waals surface area (Å²) in [6.07, 6.45) is -7.42. The molecule has 1 aliphatic rings. The van der Waals surface area contributed by atoms with Crippen molar-refractivity contribution in [1.82, 2.24) is 0 Å². The van der Waals surface area contributed by atoms with Gasteiger partial charge in [-0.25, -0.2) is 9.59 Å². The van der Waals surface area contributed by atoms with Gasteiger partial charge in [-0.3, -0.25) is 4.90 Å². The maximum Gasteiger partial charge on any atom is 0.425 e. The molecular formula is C13H12F3NO5. The van der Waals surface area contributed by atoms with Crippen LogP contribution in [0.4, 0.5) is 23.7 Å². The molecule has 2 rings (SSSR count). The van der Waals surface area contributed by atoms with E-state index < -0.39 is 35.7 Å². The van der Waals surface area contributed by atoms with Gasteiger partial charge < -0.3 is 14.6 Å². The van der Waals surface area contributed by atoms with Crippen molar-refractivity contribution in [3.8, 4) is 5.75 Å². The number of hydrogen-bond acceptors (Lipinski definition) is 4. The number of benzene rings is 1. The first-order chi connectivity index (χ1) is 10.2. The zero-order valence-electron chi connectivity index (χ0n) is 11.4. The highest BCUT2D eigenvalue weighted by molar-refractivity contribution is 5.95. The molecule has 1 aromatic carbocycles. The van der Waals surface area contributed by atoms with Crippen molar-refractivity contribution in [2.75, 3.05) is 18.1 Å². The van der Waals surface area contributed by atoms with E-state index in [-0.39, 0.29) is 18.8 Å². The van der Waals surface area contributed by atoms with Crippen LogP contribution in [0, 0.1) is 0 Å². The van der Waals surface area contributed by atoms with E-state index in [1.165, 1.54) is 11.0 Å². The molecule has 1 heterocycles. The largest absolute Gasteiger partial charge is 0.480 e. The van der Waals surface area contributed by atoms with Gasteiger partial charge in [0.2, 0.25) is 0 Å². The molecule has 9 heteroatoms. The first kappa shape index (κ1) is 15.9. The number of rotatable bonds is 4. The Hall–Kier alpha value is -2.45. The molecule has 1 amide bonds. The maximum absolute atomic E-state index is 12.5. The fourth-order valence-electron chi connectivity index (χ4n) is 1.84. The topological polar surface area (TPSA) is 76.1 Å². The van der Waals surface area contributed by atoms with Gasteiger partial charge in [0.25, 0.3) is 0 Å². The molecule has 1 fully saturated rings. The third-order valence-electron chi connectivity index (χ3n) is 3.03. The molecule has 6 nitrogen and oxygen atoms in total. The Morgan fingerprint density at radius 3 is 2.64 bits per heavy atom. The van der Waals surface area contributed by atoms with Crippen LogP contribution in [-0.4, -0.2) is 42.6 Å². The summed E-state index contributed by atoms with van der Waals surface area (Å²) in [6, 6.07) is 3.47. The smallest absolute Gasteiger partial charge is 0.425 e. The summed E-state index contributed by atoms with van der Waals surface area (Å²) in [5.41, 5.74) is -0.250. The van der Waals surface area contributed by atoms with Gasteiger partial charge in [0.05, 0.1) is 6.54 Å². The Morgan fingerprint density at radius 2 is 2.14 bits per heavy atom. The lowest BCUT2D eigenvalue weighted by atomic mass is 10.1. The molecule has 0 bridgehead atoms. The van der Waals surface area contributed by atoms with Crippen molar-refractivity contribution < 1.29 is 37.3 Å². The van der Waals surface area contributed by atoms with Crippen LogP contribution in [0.5, 0.6) is 5.75 Å². The number of halogens is 3. The molecule has 0 radical (unpaired) electrons. The second kappa shape index (κ2) is 5.74. The summed E-state index contributed by atoms with van der Waals surface area (Å²) in [5, 5.41) is 9.12. The van der Waals surface area contributed by atoms with Crippen molar-refractivity contribution in [3.63, 3.8) is 0 Å². The number of carboxylic acids is 1. The Kier molecular flexibility index (Phi) is 4.16. The van der Waals surface area contributed by atoms with Crippen LogP contribution in [-0.2, 0) is 4.74 Å². The fraction of sp³-hybridized carbons (Fsp3) is 0.385. The van der Waals surface area contributed by atoms with Crippen molar-refractivity contribution in [1.29, 1.82) is 0 Å². The number of carboxylic acid groups (broad SMARTS) is 1. The van der Waals surface area contributed by atoms with Gasteiger partial charge in [-0.15, -0.1) is 0 Å². The molecule has 120 valence electrons. The molecule has 22 heavy (non-hydrogen) atoms. The van der Waals surface area contributed by atoms with Gasteiger partial charge in [-0.2, -0.15) is 13.2 Å². The van der Waals surface area contributed by atoms with Crippen LogP contribution in [0.25, 0.3) is 0 Å². The van der Waals surface area contributed by atoms with Gasteiger partial charge in [0, 0.05) is 5.69 Å². The molecular weight excluding hydrogens is 307 g/mol. The zero-order chi connectivity index (χ0) is 16.5. The average Bonchev–Trinajstić information content (AvgIpc) is 2.84. The summed E-state index contributed by atoms with van der Waals surface area (Å²) in [5.74, 6) is -1.88. The van der Waals surface area contributed by atoms with E-state index in [0.29, 0.717) is 0 Å². The highest BCUT2D eigenvalue weighted by Crippen LogP contribution is 2.30. The quantitative estimate of drug-likeness (QED) is 0.923. The van der Waals surface area contributed by atoms with Gasteiger partial charge in [0.1, 0.15) is 17.9 Å². The number of amides is 1. The van der Waals surface area contributed by atoms with Gasteiger partial charge in [-0.1, -0.05) is 0 Å². The van der Waals surface area contributed by atoms with E-state index >= 15 is 0 Å². The monoisotopic (exact) mass is 319 g/mol. The fourth-order valence-corrected chi connectivity index (χ4v) is 1.84. The minimum absolute atomic E-state index is 0.157. The summed E-state index contributed by atoms with van der Waals surface area (Å²) >= 11 is 0. The molecule has 1 aliphatic heterocycles. The molecule has 1 unspecified atom stereocenters. The van der Waals surface area contributed by atoms with Crippen LogP contribution >= 0.6 is 0 Å². The number of carbonyl (C=O) groups excluding carboxylic acids is 1. The van der Waals surface area contributed by atoms with E-state index in [1.54, 1.807) is 0 Å². The lowest BCUT2D eigenvalue weighted by Gasteiger charge is -2.20. The second-order valence-electron chi connectivity index (χ2n) is 4.55. The highest BCUT2D eigenvalue weighted by atomic mass is 19.4. The summed E-state index contributed by atoms with van der Waals surface area (Å²) in [7, 11) is 0. The second-order valence-corrected chi connectivity index (χ2v) is 4.55. The maximum atomic E-state index is 12.5. The minimum Gasteiger partial charge on any atom is -0.480 e. The van der Waals surface area contributed by atoms with Crippen LogP contribution < -0.4 is 9.64 Å². The van der Waals surface area contributed by atoms with Crippen molar-refractivity contribution >= 4 is 17.7 Å². The number of cyclic esters (lactones) is 1. The molecule has 1 atom stereocenters.